The summed E-state index contributed by atoms with van der Waals surface area (Å²) in [6.45, 7) is 0. The summed E-state index contributed by atoms with van der Waals surface area (Å²) in [6, 6.07) is 34.7. The van der Waals surface area contributed by atoms with E-state index in [2.05, 4.69) is 6.08 Å². The molecular weight excluding hydrogens is 478 g/mol. The fourth-order valence-electron chi connectivity index (χ4n) is 4.55. The third-order valence-corrected chi connectivity index (χ3v) is 7.47. The van der Waals surface area contributed by atoms with Gasteiger partial charge in [-0.25, -0.2) is 4.98 Å². The molecule has 1 aliphatic rings. The predicted octanol–water partition coefficient (Wildman–Crippen LogP) is 6.17. The summed E-state index contributed by atoms with van der Waals surface area (Å²) in [6.07, 6.45) is 4.11. The minimum Gasteiger partial charge on any atom is -0.296 e. The minimum atomic E-state index is -0.131. The van der Waals surface area contributed by atoms with Gasteiger partial charge in [0.1, 0.15) is 11.2 Å². The first kappa shape index (κ1) is 23.0. The fourth-order valence-corrected chi connectivity index (χ4v) is 5.58. The van der Waals surface area contributed by atoms with Gasteiger partial charge in [-0.05, 0) is 42.0 Å². The zero-order valence-electron chi connectivity index (χ0n) is 19.9. The SMILES string of the molecule is O=C1CSC(C=Cc2ccccc2)N1c1ccc(-n2c(-c3ccccc3)nc3ccccc3c2=O)cc1. The molecule has 2 heterocycles. The Morgan fingerprint density at radius 3 is 2.16 bits per heavy atom. The van der Waals surface area contributed by atoms with Gasteiger partial charge in [0.05, 0.1) is 22.3 Å². The summed E-state index contributed by atoms with van der Waals surface area (Å²) < 4.78 is 1.65. The van der Waals surface area contributed by atoms with Gasteiger partial charge in [0, 0.05) is 11.3 Å². The Labute approximate surface area is 218 Å². The van der Waals surface area contributed by atoms with E-state index in [-0.39, 0.29) is 16.8 Å². The topological polar surface area (TPSA) is 55.2 Å². The van der Waals surface area contributed by atoms with Crippen molar-refractivity contribution in [1.82, 2.24) is 9.55 Å². The van der Waals surface area contributed by atoms with Gasteiger partial charge in [0.25, 0.3) is 5.56 Å². The normalized spacial score (nSPS) is 15.6. The maximum atomic E-state index is 13.6. The first-order valence-electron chi connectivity index (χ1n) is 12.0. The highest BCUT2D eigenvalue weighted by Gasteiger charge is 2.31. The summed E-state index contributed by atoms with van der Waals surface area (Å²) in [5.74, 6) is 1.07. The maximum Gasteiger partial charge on any atom is 0.266 e. The number of thioether (sulfide) groups is 1. The van der Waals surface area contributed by atoms with Crippen LogP contribution in [0.5, 0.6) is 0 Å². The van der Waals surface area contributed by atoms with Crippen LogP contribution < -0.4 is 10.5 Å². The van der Waals surface area contributed by atoms with E-state index < -0.39 is 0 Å². The van der Waals surface area contributed by atoms with Crippen LogP contribution in [0.25, 0.3) is 34.1 Å². The van der Waals surface area contributed by atoms with E-state index >= 15 is 0 Å². The molecule has 1 aromatic heterocycles. The van der Waals surface area contributed by atoms with Crippen LogP contribution in [0.15, 0.2) is 120 Å². The van der Waals surface area contributed by atoms with E-state index in [1.54, 1.807) is 22.4 Å². The molecule has 4 aromatic carbocycles. The molecule has 1 amide bonds. The van der Waals surface area contributed by atoms with Gasteiger partial charge in [0.2, 0.25) is 5.91 Å². The van der Waals surface area contributed by atoms with E-state index in [0.717, 1.165) is 16.8 Å². The monoisotopic (exact) mass is 501 g/mol. The van der Waals surface area contributed by atoms with E-state index in [9.17, 15) is 9.59 Å². The van der Waals surface area contributed by atoms with Crippen LogP contribution in [-0.2, 0) is 4.79 Å². The van der Waals surface area contributed by atoms with Crippen LogP contribution in [0, 0.1) is 0 Å². The molecule has 1 unspecified atom stereocenters. The van der Waals surface area contributed by atoms with Crippen molar-refractivity contribution in [3.63, 3.8) is 0 Å². The van der Waals surface area contributed by atoms with Gasteiger partial charge in [-0.3, -0.25) is 19.1 Å². The number of para-hydroxylation sites is 1. The standard InChI is InChI=1S/C31H23N3O2S/c35-28-21-37-29(20-15-22-9-3-1-4-10-22)33(28)24-16-18-25(19-17-24)34-30(23-11-5-2-6-12-23)32-27-14-8-7-13-26(27)31(34)36/h1-20,29H,21H2. The van der Waals surface area contributed by atoms with Crippen molar-refractivity contribution in [2.45, 2.75) is 5.37 Å². The van der Waals surface area contributed by atoms with Crippen molar-refractivity contribution in [1.29, 1.82) is 0 Å². The molecule has 6 rings (SSSR count). The largest absolute Gasteiger partial charge is 0.296 e. The Hall–Kier alpha value is -4.42. The van der Waals surface area contributed by atoms with Crippen molar-refractivity contribution in [2.24, 2.45) is 0 Å². The zero-order valence-corrected chi connectivity index (χ0v) is 20.7. The molecule has 0 bridgehead atoms. The Bertz CT molecular complexity index is 1660. The lowest BCUT2D eigenvalue weighted by Crippen LogP contribution is -2.31. The molecule has 1 saturated heterocycles. The van der Waals surface area contributed by atoms with Crippen molar-refractivity contribution in [3.05, 3.63) is 131 Å². The Morgan fingerprint density at radius 1 is 0.757 bits per heavy atom. The minimum absolute atomic E-state index is 0.0648. The number of fused-ring (bicyclic) bond motifs is 1. The molecule has 5 aromatic rings. The molecule has 37 heavy (non-hydrogen) atoms. The van der Waals surface area contributed by atoms with E-state index in [1.807, 2.05) is 114 Å². The van der Waals surface area contributed by atoms with Crippen LogP contribution in [0.4, 0.5) is 5.69 Å². The molecule has 1 aliphatic heterocycles. The summed E-state index contributed by atoms with van der Waals surface area (Å²) in [7, 11) is 0. The van der Waals surface area contributed by atoms with Crippen LogP contribution >= 0.6 is 11.8 Å². The molecule has 6 heteroatoms. The van der Waals surface area contributed by atoms with E-state index in [4.69, 9.17) is 4.98 Å². The number of hydrogen-bond donors (Lipinski definition) is 0. The highest BCUT2D eigenvalue weighted by Crippen LogP contribution is 2.33. The average Bonchev–Trinajstić information content (AvgIpc) is 3.33. The molecule has 0 saturated carbocycles. The highest BCUT2D eigenvalue weighted by atomic mass is 32.2. The lowest BCUT2D eigenvalue weighted by molar-refractivity contribution is -0.115. The molecule has 5 nitrogen and oxygen atoms in total. The fraction of sp³-hybridized carbons (Fsp3) is 0.0645. The molecule has 1 atom stereocenters. The molecule has 1 fully saturated rings. The van der Waals surface area contributed by atoms with Crippen molar-refractivity contribution in [3.8, 4) is 17.1 Å². The van der Waals surface area contributed by atoms with Gasteiger partial charge in [-0.1, -0.05) is 84.9 Å². The Morgan fingerprint density at radius 2 is 1.41 bits per heavy atom. The highest BCUT2D eigenvalue weighted by molar-refractivity contribution is 8.01. The summed E-state index contributed by atoms with van der Waals surface area (Å²) in [5, 5.41) is 0.465. The molecule has 180 valence electrons. The van der Waals surface area contributed by atoms with Gasteiger partial charge >= 0.3 is 0 Å². The quantitative estimate of drug-likeness (QED) is 0.289. The molecule has 0 radical (unpaired) electrons. The molecular formula is C31H23N3O2S. The van der Waals surface area contributed by atoms with Crippen molar-refractivity contribution >= 4 is 40.3 Å². The van der Waals surface area contributed by atoms with Gasteiger partial charge < -0.3 is 0 Å². The Kier molecular flexibility index (Phi) is 6.16. The molecule has 0 aliphatic carbocycles. The van der Waals surface area contributed by atoms with Crippen LogP contribution in [0.1, 0.15) is 5.56 Å². The zero-order chi connectivity index (χ0) is 25.2. The van der Waals surface area contributed by atoms with E-state index in [1.165, 1.54) is 0 Å². The van der Waals surface area contributed by atoms with Crippen LogP contribution in [0.3, 0.4) is 0 Å². The first-order valence-corrected chi connectivity index (χ1v) is 13.1. The number of amides is 1. The van der Waals surface area contributed by atoms with Gasteiger partial charge in [-0.15, -0.1) is 11.8 Å². The number of carbonyl (C=O) groups is 1. The number of carbonyl (C=O) groups excluding carboxylic acids is 1. The number of rotatable bonds is 5. The second-order valence-corrected chi connectivity index (χ2v) is 9.82. The number of aromatic nitrogens is 2. The number of benzene rings is 4. The van der Waals surface area contributed by atoms with Gasteiger partial charge in [-0.2, -0.15) is 0 Å². The number of hydrogen-bond acceptors (Lipinski definition) is 4. The lowest BCUT2D eigenvalue weighted by Gasteiger charge is -2.22. The number of anilines is 1. The third kappa shape index (κ3) is 4.47. The van der Waals surface area contributed by atoms with Crippen LogP contribution in [-0.4, -0.2) is 26.6 Å². The molecule has 0 N–H and O–H groups in total. The second-order valence-electron chi connectivity index (χ2n) is 8.71. The predicted molar refractivity (Wildman–Crippen MR) is 152 cm³/mol. The van der Waals surface area contributed by atoms with E-state index in [0.29, 0.717) is 28.2 Å². The smallest absolute Gasteiger partial charge is 0.266 e. The third-order valence-electron chi connectivity index (χ3n) is 6.35. The second kappa shape index (κ2) is 9.91. The lowest BCUT2D eigenvalue weighted by atomic mass is 10.1. The summed E-state index contributed by atoms with van der Waals surface area (Å²) in [4.78, 5) is 33.1. The molecule has 0 spiro atoms. The van der Waals surface area contributed by atoms with Crippen LogP contribution in [0.2, 0.25) is 0 Å². The van der Waals surface area contributed by atoms with Gasteiger partial charge in [0.15, 0.2) is 0 Å². The number of nitrogens with zero attached hydrogens (tertiary/aromatic N) is 3. The first-order chi connectivity index (χ1) is 18.2. The summed E-state index contributed by atoms with van der Waals surface area (Å²) >= 11 is 1.60. The average molecular weight is 502 g/mol. The Balaban J connectivity index is 1.40. The van der Waals surface area contributed by atoms with Crippen molar-refractivity contribution < 1.29 is 4.79 Å². The van der Waals surface area contributed by atoms with Crippen molar-refractivity contribution in [2.75, 3.05) is 10.7 Å². The maximum absolute atomic E-state index is 13.6. The summed E-state index contributed by atoms with van der Waals surface area (Å²) in [5.41, 5.74) is 3.97.